The average Bonchev–Trinajstić information content (AvgIpc) is 2.98. The fraction of sp³-hybridized carbons (Fsp3) is 0.294. The topological polar surface area (TPSA) is 78.1 Å². The zero-order valence-corrected chi connectivity index (χ0v) is 13.9. The molecule has 2 rings (SSSR count). The van der Waals surface area contributed by atoms with Crippen LogP contribution in [0, 0.1) is 18.3 Å². The van der Waals surface area contributed by atoms with Gasteiger partial charge in [-0.1, -0.05) is 25.1 Å². The minimum atomic E-state index is -0.510. The summed E-state index contributed by atoms with van der Waals surface area (Å²) in [5.74, 6) is -0.710. The maximum Gasteiger partial charge on any atom is 0.246 e. The molecule has 0 spiro atoms. The number of aromatic nitrogens is 1. The molecule has 1 heterocycles. The second-order valence-electron chi connectivity index (χ2n) is 4.98. The number of para-hydroxylation sites is 1. The van der Waals surface area contributed by atoms with Crippen LogP contribution in [0.25, 0.3) is 0 Å². The Morgan fingerprint density at radius 3 is 2.96 bits per heavy atom. The van der Waals surface area contributed by atoms with Crippen LogP contribution in [0.5, 0.6) is 0 Å². The number of carbonyl (C=O) groups is 1. The van der Waals surface area contributed by atoms with Crippen molar-refractivity contribution >= 4 is 29.1 Å². The van der Waals surface area contributed by atoms with Crippen LogP contribution in [0.1, 0.15) is 29.1 Å². The van der Waals surface area contributed by atoms with Crippen LogP contribution in [0.15, 0.2) is 34.6 Å². The number of nitrogens with zero attached hydrogens (tertiary/aromatic N) is 3. The molecule has 0 bridgehead atoms. The van der Waals surface area contributed by atoms with E-state index >= 15 is 0 Å². The third-order valence-corrected chi connectivity index (χ3v) is 4.25. The Balaban J connectivity index is 1.94. The van der Waals surface area contributed by atoms with Crippen LogP contribution in [-0.4, -0.2) is 23.7 Å². The van der Waals surface area contributed by atoms with Crippen molar-refractivity contribution in [2.45, 2.75) is 26.2 Å². The standard InChI is InChI=1S/C17H18N4OS/c1-3-13-6-4-5-7-15(13)21-16(22)10-19-9-14(8-18)17-20-12(2)11-23-17/h4-7,9,11,14H,3,10H2,1-2H3,(H,21,22). The molecule has 1 amide bonds. The van der Waals surface area contributed by atoms with Crippen molar-refractivity contribution < 1.29 is 4.79 Å². The van der Waals surface area contributed by atoms with Gasteiger partial charge >= 0.3 is 0 Å². The molecule has 1 atom stereocenters. The number of hydrogen-bond donors (Lipinski definition) is 1. The van der Waals surface area contributed by atoms with Crippen LogP contribution in [0.2, 0.25) is 0 Å². The maximum absolute atomic E-state index is 12.0. The van der Waals surface area contributed by atoms with E-state index in [1.807, 2.05) is 43.5 Å². The van der Waals surface area contributed by atoms with Crippen molar-refractivity contribution in [1.82, 2.24) is 4.98 Å². The molecular weight excluding hydrogens is 308 g/mol. The minimum Gasteiger partial charge on any atom is -0.324 e. The van der Waals surface area contributed by atoms with E-state index in [4.69, 9.17) is 0 Å². The number of thiazole rings is 1. The van der Waals surface area contributed by atoms with Crippen LogP contribution >= 0.6 is 11.3 Å². The first-order chi connectivity index (χ1) is 11.1. The van der Waals surface area contributed by atoms with Gasteiger partial charge < -0.3 is 5.32 Å². The molecular formula is C17H18N4OS. The SMILES string of the molecule is CCc1ccccc1NC(=O)CN=CC(C#N)c1nc(C)cs1. The fourth-order valence-corrected chi connectivity index (χ4v) is 2.85. The van der Waals surface area contributed by atoms with Gasteiger partial charge in [-0.2, -0.15) is 5.26 Å². The van der Waals surface area contributed by atoms with E-state index in [1.165, 1.54) is 17.6 Å². The van der Waals surface area contributed by atoms with Crippen molar-refractivity contribution in [2.75, 3.05) is 11.9 Å². The summed E-state index contributed by atoms with van der Waals surface area (Å²) in [5, 5.41) is 14.6. The lowest BCUT2D eigenvalue weighted by atomic mass is 10.1. The predicted molar refractivity (Wildman–Crippen MR) is 93.0 cm³/mol. The molecule has 0 aliphatic rings. The first-order valence-electron chi connectivity index (χ1n) is 7.33. The average molecular weight is 326 g/mol. The summed E-state index contributed by atoms with van der Waals surface area (Å²) in [7, 11) is 0. The Morgan fingerprint density at radius 2 is 2.30 bits per heavy atom. The molecule has 0 fully saturated rings. The van der Waals surface area contributed by atoms with E-state index in [2.05, 4.69) is 21.4 Å². The number of hydrogen-bond acceptors (Lipinski definition) is 5. The molecule has 1 aromatic carbocycles. The molecule has 0 aliphatic heterocycles. The monoisotopic (exact) mass is 326 g/mol. The molecule has 1 aromatic heterocycles. The van der Waals surface area contributed by atoms with Gasteiger partial charge in [0.15, 0.2) is 0 Å². The molecule has 6 heteroatoms. The Bertz CT molecular complexity index is 745. The largest absolute Gasteiger partial charge is 0.324 e. The third-order valence-electron chi connectivity index (χ3n) is 3.20. The van der Waals surface area contributed by atoms with Crippen LogP contribution in [-0.2, 0) is 11.2 Å². The Hall–Kier alpha value is -2.52. The van der Waals surface area contributed by atoms with Crippen molar-refractivity contribution in [2.24, 2.45) is 4.99 Å². The van der Waals surface area contributed by atoms with E-state index in [0.29, 0.717) is 5.01 Å². The lowest BCUT2D eigenvalue weighted by molar-refractivity contribution is -0.114. The quantitative estimate of drug-likeness (QED) is 0.827. The van der Waals surface area contributed by atoms with Crippen molar-refractivity contribution in [3.63, 3.8) is 0 Å². The van der Waals surface area contributed by atoms with Gasteiger partial charge in [0.1, 0.15) is 17.5 Å². The summed E-state index contributed by atoms with van der Waals surface area (Å²) < 4.78 is 0. The molecule has 23 heavy (non-hydrogen) atoms. The van der Waals surface area contributed by atoms with Crippen molar-refractivity contribution in [1.29, 1.82) is 5.26 Å². The molecule has 0 saturated heterocycles. The number of aliphatic imine (C=N–C) groups is 1. The molecule has 118 valence electrons. The van der Waals surface area contributed by atoms with Crippen molar-refractivity contribution in [3.05, 3.63) is 45.9 Å². The van der Waals surface area contributed by atoms with Gasteiger partial charge in [-0.15, -0.1) is 11.3 Å². The number of amides is 1. The van der Waals surface area contributed by atoms with Gasteiger partial charge in [0, 0.05) is 23.0 Å². The molecule has 0 saturated carbocycles. The highest BCUT2D eigenvalue weighted by atomic mass is 32.1. The highest BCUT2D eigenvalue weighted by Crippen LogP contribution is 2.18. The summed E-state index contributed by atoms with van der Waals surface area (Å²) in [5.41, 5.74) is 2.77. The zero-order chi connectivity index (χ0) is 16.7. The highest BCUT2D eigenvalue weighted by molar-refractivity contribution is 7.09. The Morgan fingerprint density at radius 1 is 1.52 bits per heavy atom. The molecule has 1 unspecified atom stereocenters. The second-order valence-corrected chi connectivity index (χ2v) is 5.87. The number of nitrogens with one attached hydrogen (secondary N) is 1. The van der Waals surface area contributed by atoms with Crippen molar-refractivity contribution in [3.8, 4) is 6.07 Å². The van der Waals surface area contributed by atoms with Gasteiger partial charge in [0.05, 0.1) is 6.07 Å². The maximum atomic E-state index is 12.0. The fourth-order valence-electron chi connectivity index (χ4n) is 2.05. The first kappa shape index (κ1) is 16.8. The molecule has 0 radical (unpaired) electrons. The molecule has 1 N–H and O–H groups in total. The lowest BCUT2D eigenvalue weighted by Crippen LogP contribution is -2.16. The number of aryl methyl sites for hydroxylation is 2. The van der Waals surface area contributed by atoms with Gasteiger partial charge in [0.2, 0.25) is 5.91 Å². The second kappa shape index (κ2) is 8.20. The number of anilines is 1. The Kier molecular flexibility index (Phi) is 6.01. The predicted octanol–water partition coefficient (Wildman–Crippen LogP) is 3.33. The Labute approximate surface area is 139 Å². The normalized spacial score (nSPS) is 12.0. The summed E-state index contributed by atoms with van der Waals surface area (Å²) in [6.45, 7) is 3.90. The van der Waals surface area contributed by atoms with E-state index in [0.717, 1.165) is 23.4 Å². The smallest absolute Gasteiger partial charge is 0.246 e. The molecule has 2 aromatic rings. The van der Waals surface area contributed by atoms with E-state index in [9.17, 15) is 10.1 Å². The summed E-state index contributed by atoms with van der Waals surface area (Å²) in [6.07, 6.45) is 2.34. The van der Waals surface area contributed by atoms with Gasteiger partial charge in [-0.05, 0) is 25.0 Å². The van der Waals surface area contributed by atoms with Crippen LogP contribution in [0.3, 0.4) is 0 Å². The third kappa shape index (κ3) is 4.73. The van der Waals surface area contributed by atoms with Crippen LogP contribution < -0.4 is 5.32 Å². The number of nitriles is 1. The van der Waals surface area contributed by atoms with E-state index in [1.54, 1.807) is 0 Å². The van der Waals surface area contributed by atoms with Crippen LogP contribution in [0.4, 0.5) is 5.69 Å². The summed E-state index contributed by atoms with van der Waals surface area (Å²) >= 11 is 1.42. The zero-order valence-electron chi connectivity index (χ0n) is 13.1. The van der Waals surface area contributed by atoms with Gasteiger partial charge in [-0.3, -0.25) is 9.79 Å². The van der Waals surface area contributed by atoms with Gasteiger partial charge in [-0.25, -0.2) is 4.98 Å². The summed E-state index contributed by atoms with van der Waals surface area (Å²) in [4.78, 5) is 20.3. The molecule has 0 aliphatic carbocycles. The number of rotatable bonds is 6. The lowest BCUT2D eigenvalue weighted by Gasteiger charge is -2.08. The first-order valence-corrected chi connectivity index (χ1v) is 8.21. The number of carbonyl (C=O) groups excluding carboxylic acids is 1. The van der Waals surface area contributed by atoms with Gasteiger partial charge in [0.25, 0.3) is 0 Å². The minimum absolute atomic E-state index is 0.0133. The number of benzene rings is 1. The highest BCUT2D eigenvalue weighted by Gasteiger charge is 2.12. The summed E-state index contributed by atoms with van der Waals surface area (Å²) in [6, 6.07) is 9.82. The van der Waals surface area contributed by atoms with E-state index < -0.39 is 5.92 Å². The van der Waals surface area contributed by atoms with E-state index in [-0.39, 0.29) is 12.5 Å². The molecule has 5 nitrogen and oxygen atoms in total.